The lowest BCUT2D eigenvalue weighted by atomic mass is 9.84. The minimum absolute atomic E-state index is 0.0168. The second-order valence-electron chi connectivity index (χ2n) is 5.60. The summed E-state index contributed by atoms with van der Waals surface area (Å²) < 4.78 is 98.5. The van der Waals surface area contributed by atoms with Gasteiger partial charge in [0.1, 0.15) is 0 Å². The van der Waals surface area contributed by atoms with Gasteiger partial charge in [-0.2, -0.15) is 30.4 Å². The Morgan fingerprint density at radius 1 is 1.16 bits per heavy atom. The number of hydrogen-bond donors (Lipinski definition) is 1. The molecular weight excluding hydrogens is 375 g/mol. The number of aryl methyl sites for hydroxylation is 1. The lowest BCUT2D eigenvalue weighted by Crippen LogP contribution is -2.52. The van der Waals surface area contributed by atoms with Crippen LogP contribution < -0.4 is 0 Å². The Balaban J connectivity index is 2.22. The minimum Gasteiger partial charge on any atom is -0.444 e. The summed E-state index contributed by atoms with van der Waals surface area (Å²) in [5.74, 6) is -2.72. The topological polar surface area (TPSA) is 80.7 Å². The molecule has 1 aliphatic rings. The molecule has 0 amide bonds. The molecule has 0 saturated carbocycles. The summed E-state index contributed by atoms with van der Waals surface area (Å²) in [7, 11) is -6.44. The van der Waals surface area contributed by atoms with Crippen molar-refractivity contribution in [2.45, 2.75) is 36.8 Å². The monoisotopic (exact) mass is 388 g/mol. The summed E-state index contributed by atoms with van der Waals surface area (Å²) in [5.41, 5.74) is 1.54. The van der Waals surface area contributed by atoms with E-state index in [1.54, 1.807) is 24.3 Å². The highest BCUT2D eigenvalue weighted by molar-refractivity contribution is 7.86. The van der Waals surface area contributed by atoms with E-state index in [4.69, 9.17) is 4.55 Å². The molecule has 2 rings (SSSR count). The molecule has 5 nitrogen and oxygen atoms in total. The molecule has 0 heterocycles. The summed E-state index contributed by atoms with van der Waals surface area (Å²) in [4.78, 5) is 11.9. The van der Waals surface area contributed by atoms with Crippen LogP contribution in [0.25, 0.3) is 0 Å². The van der Waals surface area contributed by atoms with E-state index < -0.39 is 39.5 Å². The first-order chi connectivity index (χ1) is 11.3. The zero-order valence-electron chi connectivity index (χ0n) is 12.5. The molecule has 0 fully saturated rings. The number of rotatable bonds is 4. The predicted octanol–water partition coefficient (Wildman–Crippen LogP) is 2.75. The number of carbonyl (C=O) groups is 1. The highest BCUT2D eigenvalue weighted by atomic mass is 32.2. The number of fused-ring (bicyclic) bond motifs is 1. The molecule has 0 radical (unpaired) electrons. The van der Waals surface area contributed by atoms with Crippen molar-refractivity contribution in [1.29, 1.82) is 0 Å². The molecule has 1 aromatic carbocycles. The number of benzene rings is 1. The lowest BCUT2D eigenvalue weighted by Gasteiger charge is -2.29. The Bertz CT molecular complexity index is 759. The van der Waals surface area contributed by atoms with Gasteiger partial charge in [0.05, 0.1) is 5.92 Å². The second-order valence-corrected chi connectivity index (χ2v) is 7.10. The van der Waals surface area contributed by atoms with Crippen LogP contribution >= 0.6 is 0 Å². The molecular formula is C14H13F5O5S. The number of halogens is 5. The summed E-state index contributed by atoms with van der Waals surface area (Å²) in [6, 6.07) is 6.80. The largest absolute Gasteiger partial charge is 0.444 e. The molecule has 0 bridgehead atoms. The van der Waals surface area contributed by atoms with Crippen LogP contribution in [0.4, 0.5) is 22.0 Å². The third kappa shape index (κ3) is 4.09. The fourth-order valence-electron chi connectivity index (χ4n) is 2.57. The average molecular weight is 388 g/mol. The standard InChI is InChI=1S/C14H13F5O5S/c15-13(16,17)12(14(18,19)25(21,22)23)24-11(20)10-6-5-8-3-1-2-4-9(8)7-10/h1-4,10,12H,5-7H2,(H,21,22,23). The van der Waals surface area contributed by atoms with Gasteiger partial charge in [-0.3, -0.25) is 9.35 Å². The van der Waals surface area contributed by atoms with E-state index in [1.165, 1.54) is 0 Å². The fraction of sp³-hybridized carbons (Fsp3) is 0.500. The molecule has 25 heavy (non-hydrogen) atoms. The zero-order chi connectivity index (χ0) is 19.0. The van der Waals surface area contributed by atoms with Crippen molar-refractivity contribution in [3.8, 4) is 0 Å². The molecule has 2 atom stereocenters. The van der Waals surface area contributed by atoms with Crippen LogP contribution in [0, 0.1) is 5.92 Å². The minimum atomic E-state index is -6.44. The van der Waals surface area contributed by atoms with Crippen LogP contribution in [-0.4, -0.2) is 36.5 Å². The van der Waals surface area contributed by atoms with Gasteiger partial charge in [-0.05, 0) is 30.4 Å². The molecule has 0 saturated heterocycles. The Morgan fingerprint density at radius 2 is 1.72 bits per heavy atom. The maximum absolute atomic E-state index is 13.4. The molecule has 1 aromatic rings. The van der Waals surface area contributed by atoms with E-state index >= 15 is 0 Å². The maximum Gasteiger partial charge on any atom is 0.432 e. The van der Waals surface area contributed by atoms with Crippen molar-refractivity contribution in [3.05, 3.63) is 35.4 Å². The van der Waals surface area contributed by atoms with E-state index in [0.717, 1.165) is 5.56 Å². The Hall–Kier alpha value is -1.75. The third-order valence-electron chi connectivity index (χ3n) is 3.86. The van der Waals surface area contributed by atoms with Gasteiger partial charge in [0, 0.05) is 0 Å². The first-order valence-corrected chi connectivity index (χ1v) is 8.47. The zero-order valence-corrected chi connectivity index (χ0v) is 13.3. The summed E-state index contributed by atoms with van der Waals surface area (Å²) in [5, 5.41) is -5.71. The second kappa shape index (κ2) is 6.52. The molecule has 11 heteroatoms. The maximum atomic E-state index is 13.4. The summed E-state index contributed by atoms with van der Waals surface area (Å²) in [6.45, 7) is 0. The number of esters is 1. The first-order valence-electron chi connectivity index (χ1n) is 7.03. The Morgan fingerprint density at radius 3 is 2.24 bits per heavy atom. The molecule has 0 aliphatic heterocycles. The van der Waals surface area contributed by atoms with Crippen molar-refractivity contribution in [1.82, 2.24) is 0 Å². The van der Waals surface area contributed by atoms with Crippen LogP contribution in [0.15, 0.2) is 24.3 Å². The first kappa shape index (κ1) is 19.6. The number of ether oxygens (including phenoxy) is 1. The molecule has 2 unspecified atom stereocenters. The third-order valence-corrected chi connectivity index (χ3v) is 4.76. The highest BCUT2D eigenvalue weighted by Crippen LogP contribution is 2.39. The fourth-order valence-corrected chi connectivity index (χ4v) is 3.02. The van der Waals surface area contributed by atoms with Gasteiger partial charge in [0.25, 0.3) is 6.10 Å². The molecule has 140 valence electrons. The summed E-state index contributed by atoms with van der Waals surface area (Å²) >= 11 is 0. The van der Waals surface area contributed by atoms with Crippen molar-refractivity contribution >= 4 is 16.1 Å². The normalized spacial score (nSPS) is 19.8. The van der Waals surface area contributed by atoms with Crippen molar-refractivity contribution < 1.29 is 44.5 Å². The van der Waals surface area contributed by atoms with E-state index in [2.05, 4.69) is 4.74 Å². The van der Waals surface area contributed by atoms with E-state index in [1.807, 2.05) is 0 Å². The number of alkyl halides is 5. The van der Waals surface area contributed by atoms with Gasteiger partial charge in [-0.15, -0.1) is 0 Å². The lowest BCUT2D eigenvalue weighted by molar-refractivity contribution is -0.260. The summed E-state index contributed by atoms with van der Waals surface area (Å²) in [6.07, 6.45) is -9.79. The van der Waals surface area contributed by atoms with Crippen LogP contribution in [0.1, 0.15) is 17.5 Å². The quantitative estimate of drug-likeness (QED) is 0.487. The van der Waals surface area contributed by atoms with Gasteiger partial charge in [0.15, 0.2) is 0 Å². The van der Waals surface area contributed by atoms with E-state index in [0.29, 0.717) is 12.0 Å². The van der Waals surface area contributed by atoms with Crippen LogP contribution in [0.2, 0.25) is 0 Å². The van der Waals surface area contributed by atoms with Crippen LogP contribution in [0.3, 0.4) is 0 Å². The SMILES string of the molecule is O=C(OC(C(F)(F)F)C(F)(F)S(=O)(=O)O)C1CCc2ccccc2C1. The van der Waals surface area contributed by atoms with Crippen molar-refractivity contribution in [2.24, 2.45) is 5.92 Å². The smallest absolute Gasteiger partial charge is 0.432 e. The van der Waals surface area contributed by atoms with E-state index in [-0.39, 0.29) is 12.8 Å². The molecule has 1 N–H and O–H groups in total. The molecule has 0 aromatic heterocycles. The van der Waals surface area contributed by atoms with Crippen molar-refractivity contribution in [3.63, 3.8) is 0 Å². The van der Waals surface area contributed by atoms with Crippen molar-refractivity contribution in [2.75, 3.05) is 0 Å². The van der Waals surface area contributed by atoms with Gasteiger partial charge < -0.3 is 4.74 Å². The van der Waals surface area contributed by atoms with Gasteiger partial charge >= 0.3 is 27.5 Å². The number of carbonyl (C=O) groups excluding carboxylic acids is 1. The average Bonchev–Trinajstić information content (AvgIpc) is 2.49. The van der Waals surface area contributed by atoms with Gasteiger partial charge in [-0.1, -0.05) is 24.3 Å². The highest BCUT2D eigenvalue weighted by Gasteiger charge is 2.66. The van der Waals surface area contributed by atoms with Crippen LogP contribution in [-0.2, 0) is 32.5 Å². The predicted molar refractivity (Wildman–Crippen MR) is 74.4 cm³/mol. The Kier molecular flexibility index (Phi) is 5.11. The molecule has 1 aliphatic carbocycles. The van der Waals surface area contributed by atoms with E-state index in [9.17, 15) is 35.2 Å². The number of hydrogen-bond acceptors (Lipinski definition) is 4. The Labute approximate surface area is 139 Å². The van der Waals surface area contributed by atoms with Crippen LogP contribution in [0.5, 0.6) is 0 Å². The molecule has 0 spiro atoms. The van der Waals surface area contributed by atoms with Gasteiger partial charge in [0.2, 0.25) is 0 Å². The van der Waals surface area contributed by atoms with Gasteiger partial charge in [-0.25, -0.2) is 0 Å².